The first-order valence-electron chi connectivity index (χ1n) is 5.97. The van der Waals surface area contributed by atoms with E-state index < -0.39 is 5.97 Å². The molecule has 0 aromatic heterocycles. The number of hydrogen-bond donors (Lipinski definition) is 1. The van der Waals surface area contributed by atoms with E-state index in [9.17, 15) is 4.79 Å². The monoisotopic (exact) mass is 212 g/mol. The minimum Gasteiger partial charge on any atom is -0.481 e. The van der Waals surface area contributed by atoms with Crippen molar-refractivity contribution in [2.75, 3.05) is 0 Å². The summed E-state index contributed by atoms with van der Waals surface area (Å²) in [4.78, 5) is 10.8. The smallest absolute Gasteiger partial charge is 0.303 e. The van der Waals surface area contributed by atoms with Gasteiger partial charge in [0.05, 0.1) is 12.2 Å². The van der Waals surface area contributed by atoms with Crippen LogP contribution in [0.2, 0.25) is 0 Å². The second-order valence-electron chi connectivity index (χ2n) is 5.10. The lowest BCUT2D eigenvalue weighted by Gasteiger charge is -2.33. The SMILES string of the molecule is C[C@H]1[C@H]2[C@H](CC(=O)O)CCC[C@@H]2O[C@@H]1C. The van der Waals surface area contributed by atoms with Crippen molar-refractivity contribution in [3.05, 3.63) is 0 Å². The van der Waals surface area contributed by atoms with Crippen LogP contribution in [-0.4, -0.2) is 23.3 Å². The van der Waals surface area contributed by atoms with Crippen LogP contribution >= 0.6 is 0 Å². The highest BCUT2D eigenvalue weighted by Crippen LogP contribution is 2.45. The van der Waals surface area contributed by atoms with Crippen molar-refractivity contribution in [1.82, 2.24) is 0 Å². The molecule has 2 rings (SSSR count). The summed E-state index contributed by atoms with van der Waals surface area (Å²) in [6.45, 7) is 4.32. The van der Waals surface area contributed by atoms with Crippen LogP contribution in [0.25, 0.3) is 0 Å². The van der Waals surface area contributed by atoms with Gasteiger partial charge in [-0.25, -0.2) is 0 Å². The second kappa shape index (κ2) is 4.12. The highest BCUT2D eigenvalue weighted by molar-refractivity contribution is 5.67. The number of carboxylic acids is 1. The summed E-state index contributed by atoms with van der Waals surface area (Å²) in [5.74, 6) is 0.665. The lowest BCUT2D eigenvalue weighted by atomic mass is 9.71. The van der Waals surface area contributed by atoms with E-state index in [4.69, 9.17) is 9.84 Å². The molecule has 0 bridgehead atoms. The molecule has 1 aliphatic carbocycles. The quantitative estimate of drug-likeness (QED) is 0.764. The topological polar surface area (TPSA) is 46.5 Å². The fourth-order valence-corrected chi connectivity index (χ4v) is 3.37. The lowest BCUT2D eigenvalue weighted by Crippen LogP contribution is -2.33. The summed E-state index contributed by atoms with van der Waals surface area (Å²) < 4.78 is 5.90. The Kier molecular flexibility index (Phi) is 3.01. The van der Waals surface area contributed by atoms with Gasteiger partial charge in [0.1, 0.15) is 0 Å². The minimum atomic E-state index is -0.660. The number of carbonyl (C=O) groups is 1. The van der Waals surface area contributed by atoms with Crippen LogP contribution in [0.3, 0.4) is 0 Å². The maximum absolute atomic E-state index is 10.8. The number of fused-ring (bicyclic) bond motifs is 1. The molecule has 0 unspecified atom stereocenters. The molecule has 15 heavy (non-hydrogen) atoms. The Morgan fingerprint density at radius 3 is 2.80 bits per heavy atom. The molecule has 1 aliphatic heterocycles. The maximum atomic E-state index is 10.8. The molecule has 3 heteroatoms. The van der Waals surface area contributed by atoms with E-state index in [0.29, 0.717) is 36.4 Å². The Labute approximate surface area is 90.8 Å². The minimum absolute atomic E-state index is 0.300. The van der Waals surface area contributed by atoms with Crippen molar-refractivity contribution in [1.29, 1.82) is 0 Å². The summed E-state index contributed by atoms with van der Waals surface area (Å²) in [5, 5.41) is 8.90. The third kappa shape index (κ3) is 2.03. The number of ether oxygens (including phenoxy) is 1. The average molecular weight is 212 g/mol. The summed E-state index contributed by atoms with van der Waals surface area (Å²) >= 11 is 0. The maximum Gasteiger partial charge on any atom is 0.303 e. The highest BCUT2D eigenvalue weighted by Gasteiger charge is 2.45. The van der Waals surface area contributed by atoms with Gasteiger partial charge in [-0.15, -0.1) is 0 Å². The molecule has 3 nitrogen and oxygen atoms in total. The van der Waals surface area contributed by atoms with Gasteiger partial charge in [-0.1, -0.05) is 13.3 Å². The molecule has 2 fully saturated rings. The number of aliphatic carboxylic acids is 1. The van der Waals surface area contributed by atoms with Crippen molar-refractivity contribution >= 4 is 5.97 Å². The standard InChI is InChI=1S/C12H20O3/c1-7-8(2)15-10-5-3-4-9(12(7)10)6-11(13)14/h7-10,12H,3-6H2,1-2H3,(H,13,14)/t7-,8-,9+,10+,12+/m1/s1. The zero-order valence-electron chi connectivity index (χ0n) is 9.48. The van der Waals surface area contributed by atoms with Crippen LogP contribution in [0, 0.1) is 17.8 Å². The molecule has 0 amide bonds. The molecule has 1 saturated carbocycles. The normalized spacial score (nSPS) is 45.1. The van der Waals surface area contributed by atoms with Crippen LogP contribution in [0.5, 0.6) is 0 Å². The molecule has 86 valence electrons. The average Bonchev–Trinajstić information content (AvgIpc) is 2.43. The van der Waals surface area contributed by atoms with Crippen LogP contribution in [-0.2, 0) is 9.53 Å². The van der Waals surface area contributed by atoms with E-state index >= 15 is 0 Å². The van der Waals surface area contributed by atoms with Gasteiger partial charge in [0.15, 0.2) is 0 Å². The molecule has 1 heterocycles. The lowest BCUT2D eigenvalue weighted by molar-refractivity contribution is -0.139. The van der Waals surface area contributed by atoms with Gasteiger partial charge >= 0.3 is 5.97 Å². The molecule has 0 spiro atoms. The molecule has 0 aromatic rings. The van der Waals surface area contributed by atoms with Crippen LogP contribution in [0.4, 0.5) is 0 Å². The summed E-state index contributed by atoms with van der Waals surface area (Å²) in [7, 11) is 0. The van der Waals surface area contributed by atoms with Gasteiger partial charge in [-0.3, -0.25) is 4.79 Å². The number of rotatable bonds is 2. The van der Waals surface area contributed by atoms with E-state index in [2.05, 4.69) is 13.8 Å². The Morgan fingerprint density at radius 2 is 2.13 bits per heavy atom. The van der Waals surface area contributed by atoms with E-state index in [1.54, 1.807) is 0 Å². The number of hydrogen-bond acceptors (Lipinski definition) is 2. The first-order chi connectivity index (χ1) is 7.09. The predicted octanol–water partition coefficient (Wildman–Crippen LogP) is 2.30. The van der Waals surface area contributed by atoms with Gasteiger partial charge in [0.25, 0.3) is 0 Å². The van der Waals surface area contributed by atoms with Crippen LogP contribution in [0.15, 0.2) is 0 Å². The Balaban J connectivity index is 2.08. The van der Waals surface area contributed by atoms with Crippen molar-refractivity contribution < 1.29 is 14.6 Å². The van der Waals surface area contributed by atoms with E-state index in [1.807, 2.05) is 0 Å². The third-order valence-electron chi connectivity index (χ3n) is 4.21. The van der Waals surface area contributed by atoms with E-state index in [0.717, 1.165) is 19.3 Å². The van der Waals surface area contributed by atoms with E-state index in [1.165, 1.54) is 0 Å². The zero-order chi connectivity index (χ0) is 11.0. The molecule has 0 aromatic carbocycles. The van der Waals surface area contributed by atoms with Gasteiger partial charge in [0, 0.05) is 6.42 Å². The molecule has 1 N–H and O–H groups in total. The van der Waals surface area contributed by atoms with Gasteiger partial charge in [0.2, 0.25) is 0 Å². The number of carboxylic acid groups (broad SMARTS) is 1. The first kappa shape index (κ1) is 10.9. The van der Waals surface area contributed by atoms with Gasteiger partial charge < -0.3 is 9.84 Å². The Hall–Kier alpha value is -0.570. The fourth-order valence-electron chi connectivity index (χ4n) is 3.37. The Morgan fingerprint density at radius 1 is 1.40 bits per heavy atom. The van der Waals surface area contributed by atoms with Crippen molar-refractivity contribution in [2.24, 2.45) is 17.8 Å². The molecule has 1 saturated heterocycles. The second-order valence-corrected chi connectivity index (χ2v) is 5.10. The molecule has 5 atom stereocenters. The summed E-state index contributed by atoms with van der Waals surface area (Å²) in [6.07, 6.45) is 4.26. The summed E-state index contributed by atoms with van der Waals surface area (Å²) in [5.41, 5.74) is 0. The van der Waals surface area contributed by atoms with E-state index in [-0.39, 0.29) is 0 Å². The van der Waals surface area contributed by atoms with Gasteiger partial charge in [-0.05, 0) is 37.5 Å². The van der Waals surface area contributed by atoms with Crippen molar-refractivity contribution in [2.45, 2.75) is 51.7 Å². The molecule has 2 aliphatic rings. The first-order valence-corrected chi connectivity index (χ1v) is 5.97. The molecular formula is C12H20O3. The Bertz CT molecular complexity index is 251. The van der Waals surface area contributed by atoms with Crippen LogP contribution in [0.1, 0.15) is 39.5 Å². The highest BCUT2D eigenvalue weighted by atomic mass is 16.5. The fraction of sp³-hybridized carbons (Fsp3) is 0.917. The van der Waals surface area contributed by atoms with Gasteiger partial charge in [-0.2, -0.15) is 0 Å². The van der Waals surface area contributed by atoms with Crippen molar-refractivity contribution in [3.63, 3.8) is 0 Å². The molecule has 0 radical (unpaired) electrons. The summed E-state index contributed by atoms with van der Waals surface area (Å²) in [6, 6.07) is 0. The zero-order valence-corrected chi connectivity index (χ0v) is 9.48. The van der Waals surface area contributed by atoms with Crippen molar-refractivity contribution in [3.8, 4) is 0 Å². The molecular weight excluding hydrogens is 192 g/mol. The van der Waals surface area contributed by atoms with Crippen LogP contribution < -0.4 is 0 Å². The third-order valence-corrected chi connectivity index (χ3v) is 4.21. The predicted molar refractivity (Wildman–Crippen MR) is 56.6 cm³/mol. The largest absolute Gasteiger partial charge is 0.481 e.